The molecule has 1 unspecified atom stereocenters. The third-order valence-corrected chi connectivity index (χ3v) is 6.76. The van der Waals surface area contributed by atoms with Crippen molar-refractivity contribution in [3.8, 4) is 11.1 Å². The van der Waals surface area contributed by atoms with Gasteiger partial charge in [0.1, 0.15) is 18.2 Å². The number of aromatic nitrogens is 2. The van der Waals surface area contributed by atoms with Gasteiger partial charge in [0.25, 0.3) is 0 Å². The van der Waals surface area contributed by atoms with Gasteiger partial charge in [-0.2, -0.15) is 0 Å². The molecular formula is C31H24ClF2N3O2. The number of hydrogen-bond donors (Lipinski definition) is 1. The minimum Gasteiger partial charge on any atom is -0.346 e. The number of carbonyl (C=O) groups is 2. The second kappa shape index (κ2) is 11.2. The van der Waals surface area contributed by atoms with Crippen LogP contribution in [0.1, 0.15) is 34.6 Å². The predicted molar refractivity (Wildman–Crippen MR) is 148 cm³/mol. The summed E-state index contributed by atoms with van der Waals surface area (Å²) in [4.78, 5) is 30.2. The molecule has 0 aliphatic carbocycles. The molecule has 196 valence electrons. The van der Waals surface area contributed by atoms with E-state index in [1.165, 1.54) is 19.1 Å². The highest BCUT2D eigenvalue weighted by Gasteiger charge is 2.22. The maximum absolute atomic E-state index is 14.0. The van der Waals surface area contributed by atoms with Crippen LogP contribution in [0.2, 0.25) is 5.02 Å². The Labute approximate surface area is 229 Å². The maximum Gasteiger partial charge on any atom is 0.240 e. The number of nitrogens with zero attached hydrogens (tertiary/aromatic N) is 2. The summed E-state index contributed by atoms with van der Waals surface area (Å²) >= 11 is 6.08. The lowest BCUT2D eigenvalue weighted by Gasteiger charge is -2.22. The minimum atomic E-state index is -0.709. The van der Waals surface area contributed by atoms with Crippen LogP contribution in [0.3, 0.4) is 0 Å². The number of carbonyl (C=O) groups excluding carboxylic acids is 2. The molecule has 0 saturated heterocycles. The molecule has 1 N–H and O–H groups in total. The second-order valence-corrected chi connectivity index (χ2v) is 9.73. The van der Waals surface area contributed by atoms with Gasteiger partial charge in [0.05, 0.1) is 11.7 Å². The predicted octanol–water partition coefficient (Wildman–Crippen LogP) is 6.94. The van der Waals surface area contributed by atoms with Crippen LogP contribution in [0.25, 0.3) is 22.0 Å². The van der Waals surface area contributed by atoms with E-state index in [0.717, 1.165) is 28.1 Å². The Kier molecular flexibility index (Phi) is 7.52. The first-order valence-corrected chi connectivity index (χ1v) is 12.7. The molecule has 39 heavy (non-hydrogen) atoms. The van der Waals surface area contributed by atoms with Crippen LogP contribution in [0.15, 0.2) is 91.3 Å². The second-order valence-electron chi connectivity index (χ2n) is 9.29. The topological polar surface area (TPSA) is 64.0 Å². The third kappa shape index (κ3) is 5.89. The van der Waals surface area contributed by atoms with Crippen molar-refractivity contribution >= 4 is 34.2 Å². The van der Waals surface area contributed by atoms with E-state index < -0.39 is 17.7 Å². The van der Waals surface area contributed by atoms with Gasteiger partial charge in [-0.1, -0.05) is 48.0 Å². The van der Waals surface area contributed by atoms with Gasteiger partial charge in [-0.3, -0.25) is 14.6 Å². The Morgan fingerprint density at radius 3 is 2.41 bits per heavy atom. The van der Waals surface area contributed by atoms with E-state index in [1.54, 1.807) is 35.2 Å². The summed E-state index contributed by atoms with van der Waals surface area (Å²) in [6.45, 7) is 1.42. The number of fused-ring (bicyclic) bond motifs is 1. The number of amides is 1. The maximum atomic E-state index is 14.0. The summed E-state index contributed by atoms with van der Waals surface area (Å²) in [7, 11) is 0. The molecule has 0 aliphatic rings. The first-order chi connectivity index (χ1) is 18.8. The molecular weight excluding hydrogens is 520 g/mol. The summed E-state index contributed by atoms with van der Waals surface area (Å²) < 4.78 is 29.8. The monoisotopic (exact) mass is 543 g/mol. The Hall–Kier alpha value is -4.36. The average molecular weight is 544 g/mol. The number of Topliss-reactive ketones (excluding diaryl/α,β-unsaturated/α-hetero) is 1. The standard InChI is InChI=1S/C31H24ClF2N3O2/c1-19(38)27-17-37(29-7-3-2-5-26(27)29)18-30(39)36-28(15-20-13-23(33)16-24(34)14-20)31-25(6-4-12-35-31)21-8-10-22(32)11-9-21/h2-14,16-17,28H,15,18H2,1H3,(H,36,39). The Morgan fingerprint density at radius 2 is 1.69 bits per heavy atom. The van der Waals surface area contributed by atoms with Crippen molar-refractivity contribution in [1.82, 2.24) is 14.9 Å². The van der Waals surface area contributed by atoms with Crippen molar-refractivity contribution in [2.45, 2.75) is 25.9 Å². The number of hydrogen-bond acceptors (Lipinski definition) is 3. The fourth-order valence-electron chi connectivity index (χ4n) is 4.80. The number of nitrogens with one attached hydrogen (secondary N) is 1. The summed E-state index contributed by atoms with van der Waals surface area (Å²) in [6.07, 6.45) is 3.38. The van der Waals surface area contributed by atoms with E-state index >= 15 is 0 Å². The first kappa shape index (κ1) is 26.3. The van der Waals surface area contributed by atoms with Gasteiger partial charge >= 0.3 is 0 Å². The molecule has 0 bridgehead atoms. The highest BCUT2D eigenvalue weighted by Crippen LogP contribution is 2.30. The molecule has 2 aromatic heterocycles. The van der Waals surface area contributed by atoms with Crippen LogP contribution in [0.5, 0.6) is 0 Å². The minimum absolute atomic E-state index is 0.0646. The largest absolute Gasteiger partial charge is 0.346 e. The van der Waals surface area contributed by atoms with E-state index in [0.29, 0.717) is 21.8 Å². The lowest BCUT2D eigenvalue weighted by molar-refractivity contribution is -0.122. The average Bonchev–Trinajstić information content (AvgIpc) is 3.27. The van der Waals surface area contributed by atoms with Crippen molar-refractivity contribution in [3.05, 3.63) is 125 Å². The highest BCUT2D eigenvalue weighted by atomic mass is 35.5. The van der Waals surface area contributed by atoms with Gasteiger partial charge in [-0.05, 0) is 60.9 Å². The number of pyridine rings is 1. The van der Waals surface area contributed by atoms with Crippen molar-refractivity contribution in [2.24, 2.45) is 0 Å². The number of ketones is 1. The molecule has 0 spiro atoms. The molecule has 1 amide bonds. The molecule has 3 aromatic carbocycles. The Balaban J connectivity index is 1.51. The molecule has 0 aliphatic heterocycles. The van der Waals surface area contributed by atoms with Crippen LogP contribution in [-0.2, 0) is 17.8 Å². The number of rotatable bonds is 8. The van der Waals surface area contributed by atoms with E-state index in [2.05, 4.69) is 10.3 Å². The van der Waals surface area contributed by atoms with Gasteiger partial charge < -0.3 is 9.88 Å². The van der Waals surface area contributed by atoms with E-state index in [9.17, 15) is 18.4 Å². The zero-order valence-corrected chi connectivity index (χ0v) is 21.8. The van der Waals surface area contributed by atoms with Crippen molar-refractivity contribution in [2.75, 3.05) is 0 Å². The Bertz CT molecular complexity index is 1660. The molecule has 5 nitrogen and oxygen atoms in total. The lowest BCUT2D eigenvalue weighted by Crippen LogP contribution is -2.33. The molecule has 5 rings (SSSR count). The zero-order chi connectivity index (χ0) is 27.5. The van der Waals surface area contributed by atoms with Crippen LogP contribution in [0.4, 0.5) is 8.78 Å². The molecule has 5 aromatic rings. The highest BCUT2D eigenvalue weighted by molar-refractivity contribution is 6.30. The zero-order valence-electron chi connectivity index (χ0n) is 21.0. The van der Waals surface area contributed by atoms with E-state index in [4.69, 9.17) is 11.6 Å². The summed E-state index contributed by atoms with van der Waals surface area (Å²) in [5, 5.41) is 4.36. The van der Waals surface area contributed by atoms with Crippen molar-refractivity contribution < 1.29 is 18.4 Å². The van der Waals surface area contributed by atoms with Crippen LogP contribution in [0, 0.1) is 11.6 Å². The fourth-order valence-corrected chi connectivity index (χ4v) is 4.93. The quantitative estimate of drug-likeness (QED) is 0.216. The molecule has 0 fully saturated rings. The summed E-state index contributed by atoms with van der Waals surface area (Å²) in [5.74, 6) is -1.85. The number of halogens is 3. The number of para-hydroxylation sites is 1. The summed E-state index contributed by atoms with van der Waals surface area (Å²) in [6, 6.07) is 20.8. The van der Waals surface area contributed by atoms with Crippen LogP contribution >= 0.6 is 11.6 Å². The normalized spacial score (nSPS) is 11.9. The molecule has 2 heterocycles. The van der Waals surface area contributed by atoms with Crippen LogP contribution in [-0.4, -0.2) is 21.2 Å². The van der Waals surface area contributed by atoms with Crippen molar-refractivity contribution in [1.29, 1.82) is 0 Å². The fraction of sp³-hybridized carbons (Fsp3) is 0.129. The molecule has 8 heteroatoms. The van der Waals surface area contributed by atoms with Gasteiger partial charge in [-0.25, -0.2) is 8.78 Å². The first-order valence-electron chi connectivity index (χ1n) is 12.3. The van der Waals surface area contributed by atoms with Crippen molar-refractivity contribution in [3.63, 3.8) is 0 Å². The molecule has 0 radical (unpaired) electrons. The van der Waals surface area contributed by atoms with Gasteiger partial charge in [0.2, 0.25) is 5.91 Å². The van der Waals surface area contributed by atoms with E-state index in [1.807, 2.05) is 42.5 Å². The smallest absolute Gasteiger partial charge is 0.240 e. The van der Waals surface area contributed by atoms with Gasteiger partial charge in [-0.15, -0.1) is 0 Å². The molecule has 1 atom stereocenters. The van der Waals surface area contributed by atoms with E-state index in [-0.39, 0.29) is 24.7 Å². The van der Waals surface area contributed by atoms with Gasteiger partial charge in [0.15, 0.2) is 5.78 Å². The Morgan fingerprint density at radius 1 is 0.974 bits per heavy atom. The third-order valence-electron chi connectivity index (χ3n) is 6.50. The lowest BCUT2D eigenvalue weighted by atomic mass is 9.95. The van der Waals surface area contributed by atoms with Crippen LogP contribution < -0.4 is 5.32 Å². The summed E-state index contributed by atoms with van der Waals surface area (Å²) in [5.41, 5.74) is 3.77. The SMILES string of the molecule is CC(=O)c1cn(CC(=O)NC(Cc2cc(F)cc(F)c2)c2ncccc2-c2ccc(Cl)cc2)c2ccccc12. The number of benzene rings is 3. The molecule has 0 saturated carbocycles. The van der Waals surface area contributed by atoms with Gasteiger partial charge in [0, 0.05) is 45.5 Å².